The van der Waals surface area contributed by atoms with E-state index in [1.807, 2.05) is 0 Å². The number of unbranched alkanes of at least 4 members (excludes halogenated alkanes) is 1. The smallest absolute Gasteiger partial charge is 0.216 e. The van der Waals surface area contributed by atoms with Crippen LogP contribution in [-0.4, -0.2) is 12.5 Å². The number of hydrogen-bond acceptors (Lipinski definition) is 1. The van der Waals surface area contributed by atoms with E-state index >= 15 is 0 Å². The van der Waals surface area contributed by atoms with Crippen molar-refractivity contribution in [3.8, 4) is 11.8 Å². The van der Waals surface area contributed by atoms with Gasteiger partial charge in [-0.05, 0) is 30.5 Å². The molecule has 1 aromatic rings. The van der Waals surface area contributed by atoms with Crippen molar-refractivity contribution in [2.45, 2.75) is 39.5 Å². The molecule has 2 heteroatoms. The summed E-state index contributed by atoms with van der Waals surface area (Å²) in [5.74, 6) is 6.15. The van der Waals surface area contributed by atoms with E-state index in [1.165, 1.54) is 25.3 Å². The fourth-order valence-electron chi connectivity index (χ4n) is 1.60. The van der Waals surface area contributed by atoms with Gasteiger partial charge < -0.3 is 5.32 Å². The quantitative estimate of drug-likeness (QED) is 0.625. The third kappa shape index (κ3) is 6.10. The number of nitrogens with one attached hydrogen (secondary N) is 1. The molecule has 0 aliphatic carbocycles. The average molecular weight is 243 g/mol. The first-order valence-corrected chi connectivity index (χ1v) is 6.54. The summed E-state index contributed by atoms with van der Waals surface area (Å²) in [4.78, 5) is 10.6. The summed E-state index contributed by atoms with van der Waals surface area (Å²) >= 11 is 0. The van der Waals surface area contributed by atoms with Crippen LogP contribution in [0.5, 0.6) is 0 Å². The van der Waals surface area contributed by atoms with Crippen LogP contribution in [0.3, 0.4) is 0 Å². The van der Waals surface area contributed by atoms with Crippen molar-refractivity contribution in [1.29, 1.82) is 0 Å². The third-order valence-electron chi connectivity index (χ3n) is 2.63. The fourth-order valence-corrected chi connectivity index (χ4v) is 1.60. The number of rotatable bonds is 5. The van der Waals surface area contributed by atoms with E-state index in [4.69, 9.17) is 0 Å². The van der Waals surface area contributed by atoms with Crippen molar-refractivity contribution in [2.24, 2.45) is 0 Å². The lowest BCUT2D eigenvalue weighted by molar-refractivity contribution is -0.118. The van der Waals surface area contributed by atoms with Crippen molar-refractivity contribution in [2.75, 3.05) is 6.54 Å². The Labute approximate surface area is 110 Å². The van der Waals surface area contributed by atoms with Gasteiger partial charge in [-0.2, -0.15) is 0 Å². The molecule has 0 radical (unpaired) electrons. The number of hydrogen-bond donors (Lipinski definition) is 1. The van der Waals surface area contributed by atoms with E-state index in [-0.39, 0.29) is 5.91 Å². The molecule has 1 N–H and O–H groups in total. The molecule has 0 saturated heterocycles. The molecule has 0 aromatic heterocycles. The zero-order chi connectivity index (χ0) is 13.2. The first kappa shape index (κ1) is 14.3. The van der Waals surface area contributed by atoms with E-state index in [0.29, 0.717) is 13.0 Å². The molecule has 1 aromatic carbocycles. The molecule has 2 nitrogen and oxygen atoms in total. The largest absolute Gasteiger partial charge is 0.355 e. The lowest BCUT2D eigenvalue weighted by atomic mass is 10.1. The van der Waals surface area contributed by atoms with Gasteiger partial charge in [-0.3, -0.25) is 4.79 Å². The van der Waals surface area contributed by atoms with Crippen molar-refractivity contribution in [1.82, 2.24) is 5.32 Å². The maximum atomic E-state index is 10.6. The predicted octanol–water partition coefficient (Wildman–Crippen LogP) is 2.91. The summed E-state index contributed by atoms with van der Waals surface area (Å²) in [5.41, 5.74) is 2.42. The second-order valence-electron chi connectivity index (χ2n) is 4.34. The van der Waals surface area contributed by atoms with Crippen molar-refractivity contribution < 1.29 is 4.79 Å². The van der Waals surface area contributed by atoms with Gasteiger partial charge in [0.05, 0.1) is 0 Å². The molecule has 0 spiro atoms. The van der Waals surface area contributed by atoms with Crippen LogP contribution in [0.4, 0.5) is 0 Å². The van der Waals surface area contributed by atoms with Crippen LogP contribution >= 0.6 is 0 Å². The van der Waals surface area contributed by atoms with E-state index in [1.54, 1.807) is 0 Å². The maximum Gasteiger partial charge on any atom is 0.216 e. The summed E-state index contributed by atoms with van der Waals surface area (Å²) in [5, 5.41) is 2.72. The van der Waals surface area contributed by atoms with Crippen molar-refractivity contribution >= 4 is 5.91 Å². The molecule has 0 aliphatic rings. The molecule has 0 saturated carbocycles. The lowest BCUT2D eigenvalue weighted by Gasteiger charge is -1.99. The van der Waals surface area contributed by atoms with Crippen LogP contribution in [0.2, 0.25) is 0 Å². The highest BCUT2D eigenvalue weighted by Crippen LogP contribution is 2.07. The minimum Gasteiger partial charge on any atom is -0.355 e. The Morgan fingerprint density at radius 1 is 1.28 bits per heavy atom. The van der Waals surface area contributed by atoms with Crippen LogP contribution in [0, 0.1) is 11.8 Å². The van der Waals surface area contributed by atoms with Crippen LogP contribution in [-0.2, 0) is 11.2 Å². The zero-order valence-corrected chi connectivity index (χ0v) is 11.3. The van der Waals surface area contributed by atoms with Gasteiger partial charge in [0.25, 0.3) is 0 Å². The number of carbonyl (C=O) groups excluding carboxylic acids is 1. The Hall–Kier alpha value is -1.75. The fraction of sp³-hybridized carbons (Fsp3) is 0.438. The zero-order valence-electron chi connectivity index (χ0n) is 11.3. The Kier molecular flexibility index (Phi) is 6.64. The molecule has 0 heterocycles. The van der Waals surface area contributed by atoms with E-state index in [0.717, 1.165) is 12.0 Å². The number of carbonyl (C=O) groups is 1. The van der Waals surface area contributed by atoms with Crippen LogP contribution in [0.25, 0.3) is 0 Å². The number of amides is 1. The molecule has 0 atom stereocenters. The Morgan fingerprint density at radius 3 is 2.61 bits per heavy atom. The van der Waals surface area contributed by atoms with Gasteiger partial charge in [-0.1, -0.05) is 37.3 Å². The lowest BCUT2D eigenvalue weighted by Crippen LogP contribution is -2.20. The highest BCUT2D eigenvalue weighted by Gasteiger charge is 1.92. The van der Waals surface area contributed by atoms with Gasteiger partial charge in [0.15, 0.2) is 0 Å². The summed E-state index contributed by atoms with van der Waals surface area (Å²) in [6, 6.07) is 8.42. The molecule has 0 unspecified atom stereocenters. The average Bonchev–Trinajstić information content (AvgIpc) is 2.37. The number of benzene rings is 1. The summed E-state index contributed by atoms with van der Waals surface area (Å²) in [7, 11) is 0. The minimum atomic E-state index is -0.00271. The molecule has 0 fully saturated rings. The summed E-state index contributed by atoms with van der Waals surface area (Å²) < 4.78 is 0. The summed E-state index contributed by atoms with van der Waals surface area (Å²) in [6.07, 6.45) is 4.30. The van der Waals surface area contributed by atoms with Gasteiger partial charge in [0.2, 0.25) is 5.91 Å². The highest BCUT2D eigenvalue weighted by atomic mass is 16.1. The first-order chi connectivity index (χ1) is 8.72. The first-order valence-electron chi connectivity index (χ1n) is 6.54. The topological polar surface area (TPSA) is 29.1 Å². The number of aryl methyl sites for hydroxylation is 1. The third-order valence-corrected chi connectivity index (χ3v) is 2.63. The Morgan fingerprint density at radius 2 is 2.00 bits per heavy atom. The molecule has 1 rings (SSSR count). The normalized spacial score (nSPS) is 9.44. The highest BCUT2D eigenvalue weighted by molar-refractivity contribution is 5.72. The molecule has 0 bridgehead atoms. The molecule has 1 amide bonds. The second kappa shape index (κ2) is 8.36. The van der Waals surface area contributed by atoms with Crippen LogP contribution in [0.1, 0.15) is 44.2 Å². The summed E-state index contributed by atoms with van der Waals surface area (Å²) in [6.45, 7) is 4.34. The monoisotopic (exact) mass is 243 g/mol. The van der Waals surface area contributed by atoms with Gasteiger partial charge in [-0.15, -0.1) is 0 Å². The van der Waals surface area contributed by atoms with Crippen molar-refractivity contribution in [3.63, 3.8) is 0 Å². The minimum absolute atomic E-state index is 0.00271. The standard InChI is InChI=1S/C16H21NO/c1-3-4-7-15-9-11-16(12-10-15)8-5-6-13-17-14(2)18/h9-12H,3-4,6-7,13H2,1-2H3,(H,17,18). The predicted molar refractivity (Wildman–Crippen MR) is 75.2 cm³/mol. The van der Waals surface area contributed by atoms with E-state index in [9.17, 15) is 4.79 Å². The van der Waals surface area contributed by atoms with E-state index < -0.39 is 0 Å². The molecule has 96 valence electrons. The van der Waals surface area contributed by atoms with Gasteiger partial charge >= 0.3 is 0 Å². The molecule has 0 aliphatic heterocycles. The van der Waals surface area contributed by atoms with Gasteiger partial charge in [0.1, 0.15) is 0 Å². The van der Waals surface area contributed by atoms with Crippen LogP contribution < -0.4 is 5.32 Å². The van der Waals surface area contributed by atoms with Gasteiger partial charge in [0, 0.05) is 25.5 Å². The maximum absolute atomic E-state index is 10.6. The van der Waals surface area contributed by atoms with Gasteiger partial charge in [-0.25, -0.2) is 0 Å². The van der Waals surface area contributed by atoms with Crippen LogP contribution in [0.15, 0.2) is 24.3 Å². The Balaban J connectivity index is 2.38. The SMILES string of the molecule is CCCCc1ccc(C#CCCNC(C)=O)cc1. The second-order valence-corrected chi connectivity index (χ2v) is 4.34. The van der Waals surface area contributed by atoms with E-state index in [2.05, 4.69) is 48.3 Å². The Bertz CT molecular complexity index is 423. The van der Waals surface area contributed by atoms with Crippen molar-refractivity contribution in [3.05, 3.63) is 35.4 Å². The molecule has 18 heavy (non-hydrogen) atoms. The molecular formula is C16H21NO. The molecular weight excluding hydrogens is 222 g/mol.